The molecule has 0 saturated carbocycles. The molecule has 1 fully saturated rings. The maximum atomic E-state index is 14.7. The number of ether oxygens (including phenoxy) is 1. The number of rotatable bonds is 2. The first kappa shape index (κ1) is 19.5. The van der Waals surface area contributed by atoms with Crippen LogP contribution in [-0.4, -0.2) is 50.8 Å². The van der Waals surface area contributed by atoms with Gasteiger partial charge in [-0.15, -0.1) is 0 Å². The molecule has 1 aliphatic heterocycles. The fourth-order valence-electron chi connectivity index (χ4n) is 2.75. The molecular formula is C17H25FN4O2S. The van der Waals surface area contributed by atoms with Crippen LogP contribution >= 0.6 is 12.2 Å². The number of likely N-dealkylation sites (tertiary alicyclic amines) is 1. The van der Waals surface area contributed by atoms with Crippen molar-refractivity contribution in [2.24, 2.45) is 4.99 Å². The van der Waals surface area contributed by atoms with Gasteiger partial charge in [0.15, 0.2) is 5.82 Å². The van der Waals surface area contributed by atoms with Crippen molar-refractivity contribution in [1.29, 1.82) is 0 Å². The number of hydrogen-bond donors (Lipinski definition) is 0. The van der Waals surface area contributed by atoms with Crippen molar-refractivity contribution in [3.05, 3.63) is 11.8 Å². The van der Waals surface area contributed by atoms with Gasteiger partial charge in [-0.1, -0.05) is 20.8 Å². The van der Waals surface area contributed by atoms with Gasteiger partial charge in [0.2, 0.25) is 0 Å². The Hall–Kier alpha value is -1.79. The van der Waals surface area contributed by atoms with Crippen LogP contribution in [0.15, 0.2) is 11.1 Å². The van der Waals surface area contributed by atoms with E-state index in [9.17, 15) is 9.18 Å². The lowest BCUT2D eigenvalue weighted by atomic mass is 9.91. The maximum absolute atomic E-state index is 14.7. The third-order valence-electron chi connectivity index (χ3n) is 3.84. The topological polar surface area (TPSA) is 59.7 Å². The maximum Gasteiger partial charge on any atom is 0.410 e. The molecule has 2 heterocycles. The molecule has 1 aromatic rings. The van der Waals surface area contributed by atoms with Crippen LogP contribution in [0.1, 0.15) is 53.3 Å². The molecule has 6 nitrogen and oxygen atoms in total. The average Bonchev–Trinajstić information content (AvgIpc) is 3.00. The Morgan fingerprint density at radius 3 is 2.52 bits per heavy atom. The quantitative estimate of drug-likeness (QED) is 0.584. The van der Waals surface area contributed by atoms with E-state index in [4.69, 9.17) is 4.74 Å². The number of carbonyl (C=O) groups excluding carboxylic acids is 1. The van der Waals surface area contributed by atoms with E-state index in [1.165, 1.54) is 4.90 Å². The molecule has 2 rings (SSSR count). The normalized spacial score (nSPS) is 21.2. The number of aromatic nitrogens is 2. The van der Waals surface area contributed by atoms with Crippen LogP contribution in [0.2, 0.25) is 0 Å². The van der Waals surface area contributed by atoms with Crippen LogP contribution < -0.4 is 0 Å². The van der Waals surface area contributed by atoms with Crippen LogP contribution in [0.5, 0.6) is 0 Å². The Morgan fingerprint density at radius 2 is 2.00 bits per heavy atom. The van der Waals surface area contributed by atoms with Crippen molar-refractivity contribution in [1.82, 2.24) is 14.7 Å². The number of isothiocyanates is 1. The number of nitrogens with zero attached hydrogens (tertiary/aromatic N) is 4. The Balaban J connectivity index is 2.30. The fraction of sp³-hybridized carbons (Fsp3) is 0.706. The number of hydrogen-bond acceptors (Lipinski definition) is 5. The highest BCUT2D eigenvalue weighted by Gasteiger charge is 2.41. The summed E-state index contributed by atoms with van der Waals surface area (Å²) >= 11 is 4.63. The monoisotopic (exact) mass is 368 g/mol. The molecule has 8 heteroatoms. The lowest BCUT2D eigenvalue weighted by molar-refractivity contribution is 0.0281. The minimum absolute atomic E-state index is 0.0191. The van der Waals surface area contributed by atoms with Crippen molar-refractivity contribution < 1.29 is 13.9 Å². The first-order chi connectivity index (χ1) is 11.4. The lowest BCUT2D eigenvalue weighted by Gasteiger charge is -2.25. The SMILES string of the molecule is CC(C)(C)OC(=O)N1C[C@@H](F)[C@H](n2nc(N=C=S)cc2C(C)(C)C)C1. The standard InChI is InChI=1S/C17H25FN4O2S/c1-16(2,3)13-7-14(19-10-25)20-22(13)12-9-21(8-11(12)18)15(23)24-17(4,5)6/h7,11-12H,8-9H2,1-6H3/t11-,12-/m1/s1. The molecule has 0 unspecified atom stereocenters. The van der Waals surface area contributed by atoms with E-state index >= 15 is 0 Å². The Kier molecular flexibility index (Phi) is 5.35. The lowest BCUT2D eigenvalue weighted by Crippen LogP contribution is -2.36. The van der Waals surface area contributed by atoms with Crippen molar-refractivity contribution in [2.75, 3.05) is 13.1 Å². The number of alkyl halides is 1. The highest BCUT2D eigenvalue weighted by Crippen LogP contribution is 2.33. The third kappa shape index (κ3) is 4.64. The van der Waals surface area contributed by atoms with E-state index in [-0.39, 0.29) is 18.5 Å². The summed E-state index contributed by atoms with van der Waals surface area (Å²) < 4.78 is 21.7. The first-order valence-corrected chi connectivity index (χ1v) is 8.63. The van der Waals surface area contributed by atoms with Gasteiger partial charge in [-0.2, -0.15) is 10.1 Å². The predicted octanol–water partition coefficient (Wildman–Crippen LogP) is 4.04. The molecule has 0 bridgehead atoms. The van der Waals surface area contributed by atoms with Gasteiger partial charge in [-0.25, -0.2) is 9.18 Å². The van der Waals surface area contributed by atoms with E-state index in [1.54, 1.807) is 31.5 Å². The third-order valence-corrected chi connectivity index (χ3v) is 3.93. The molecule has 0 aliphatic carbocycles. The van der Waals surface area contributed by atoms with Crippen molar-refractivity contribution in [3.8, 4) is 0 Å². The number of thiocarbonyl (C=S) groups is 1. The zero-order valence-electron chi connectivity index (χ0n) is 15.5. The zero-order chi connectivity index (χ0) is 19.0. The summed E-state index contributed by atoms with van der Waals surface area (Å²) in [7, 11) is 0. The summed E-state index contributed by atoms with van der Waals surface area (Å²) in [5.74, 6) is 0.392. The molecule has 1 amide bonds. The minimum atomic E-state index is -1.24. The van der Waals surface area contributed by atoms with Gasteiger partial charge in [0.25, 0.3) is 0 Å². The van der Waals surface area contributed by atoms with Gasteiger partial charge in [0, 0.05) is 23.7 Å². The molecule has 0 radical (unpaired) electrons. The minimum Gasteiger partial charge on any atom is -0.444 e. The van der Waals surface area contributed by atoms with Crippen LogP contribution in [0, 0.1) is 0 Å². The second kappa shape index (κ2) is 6.84. The number of carbonyl (C=O) groups is 1. The molecular weight excluding hydrogens is 343 g/mol. The Labute approximate surface area is 153 Å². The molecule has 25 heavy (non-hydrogen) atoms. The van der Waals surface area contributed by atoms with Crippen molar-refractivity contribution in [3.63, 3.8) is 0 Å². The van der Waals surface area contributed by atoms with E-state index in [0.717, 1.165) is 5.69 Å². The molecule has 1 aliphatic rings. The molecule has 0 N–H and O–H groups in total. The van der Waals surface area contributed by atoms with Gasteiger partial charge in [0.05, 0.1) is 11.7 Å². The largest absolute Gasteiger partial charge is 0.444 e. The van der Waals surface area contributed by atoms with Crippen molar-refractivity contribution in [2.45, 2.75) is 64.8 Å². The van der Waals surface area contributed by atoms with E-state index in [1.807, 2.05) is 20.8 Å². The molecule has 2 atom stereocenters. The summed E-state index contributed by atoms with van der Waals surface area (Å²) in [6.45, 7) is 11.6. The van der Waals surface area contributed by atoms with Gasteiger partial charge in [-0.05, 0) is 33.0 Å². The zero-order valence-corrected chi connectivity index (χ0v) is 16.4. The molecule has 0 spiro atoms. The van der Waals surface area contributed by atoms with Gasteiger partial charge in [0.1, 0.15) is 17.8 Å². The van der Waals surface area contributed by atoms with E-state index in [0.29, 0.717) is 5.82 Å². The Morgan fingerprint density at radius 1 is 1.36 bits per heavy atom. The van der Waals surface area contributed by atoms with Crippen LogP contribution in [0.3, 0.4) is 0 Å². The summed E-state index contributed by atoms with van der Waals surface area (Å²) in [6, 6.07) is 1.19. The Bertz CT molecular complexity index is 698. The number of halogens is 1. The summed E-state index contributed by atoms with van der Waals surface area (Å²) in [6.07, 6.45) is -1.75. The highest BCUT2D eigenvalue weighted by molar-refractivity contribution is 7.78. The van der Waals surface area contributed by atoms with Crippen LogP contribution in [0.4, 0.5) is 15.0 Å². The smallest absolute Gasteiger partial charge is 0.410 e. The summed E-state index contributed by atoms with van der Waals surface area (Å²) in [5, 5.41) is 6.65. The molecule has 1 aromatic heterocycles. The molecule has 0 aromatic carbocycles. The van der Waals surface area contributed by atoms with Gasteiger partial charge in [-0.3, -0.25) is 4.68 Å². The van der Waals surface area contributed by atoms with Crippen LogP contribution in [-0.2, 0) is 10.2 Å². The van der Waals surface area contributed by atoms with Gasteiger partial charge >= 0.3 is 6.09 Å². The molecule has 1 saturated heterocycles. The number of amides is 1. The molecule has 138 valence electrons. The number of aliphatic imine (C=N–C) groups is 1. The first-order valence-electron chi connectivity index (χ1n) is 8.22. The van der Waals surface area contributed by atoms with E-state index in [2.05, 4.69) is 27.5 Å². The average molecular weight is 368 g/mol. The summed E-state index contributed by atoms with van der Waals surface area (Å²) in [4.78, 5) is 17.5. The highest BCUT2D eigenvalue weighted by atomic mass is 32.1. The summed E-state index contributed by atoms with van der Waals surface area (Å²) in [5.41, 5.74) is -0.0543. The second-order valence-corrected chi connectivity index (χ2v) is 8.44. The van der Waals surface area contributed by atoms with E-state index < -0.39 is 23.9 Å². The second-order valence-electron chi connectivity index (χ2n) is 8.25. The van der Waals surface area contributed by atoms with Gasteiger partial charge < -0.3 is 9.64 Å². The van der Waals surface area contributed by atoms with Crippen LogP contribution in [0.25, 0.3) is 0 Å². The van der Waals surface area contributed by atoms with Crippen molar-refractivity contribution >= 4 is 29.3 Å². The fourth-order valence-corrected chi connectivity index (χ4v) is 2.84. The predicted molar refractivity (Wildman–Crippen MR) is 97.4 cm³/mol.